The second-order valence-corrected chi connectivity index (χ2v) is 26.5. The molecule has 0 radical (unpaired) electrons. The Morgan fingerprint density at radius 2 is 1.60 bits per heavy atom. The van der Waals surface area contributed by atoms with Crippen LogP contribution >= 0.6 is 0 Å². The number of pyridine rings is 1. The third kappa shape index (κ3) is 19.5. The van der Waals surface area contributed by atoms with E-state index in [4.69, 9.17) is 4.98 Å². The molecule has 3 aromatic rings. The van der Waals surface area contributed by atoms with Gasteiger partial charge in [0.15, 0.2) is 0 Å². The van der Waals surface area contributed by atoms with Crippen LogP contribution in [-0.4, -0.2) is 165 Å². The van der Waals surface area contributed by atoms with Gasteiger partial charge in [-0.1, -0.05) is 59.0 Å². The molecular weight excluding hydrogens is 1050 g/mol. The van der Waals surface area contributed by atoms with Crippen molar-refractivity contribution in [2.45, 2.75) is 175 Å². The van der Waals surface area contributed by atoms with Crippen molar-refractivity contribution < 1.29 is 42.7 Å². The number of benzene rings is 1. The van der Waals surface area contributed by atoms with Crippen molar-refractivity contribution in [3.8, 4) is 11.3 Å². The first kappa shape index (κ1) is 68.6. The minimum absolute atomic E-state index is 0. The van der Waals surface area contributed by atoms with Crippen molar-refractivity contribution in [2.24, 2.45) is 27.7 Å². The molecule has 0 bridgehead atoms. The standard InChI is InChI=1S/C37H50F3N6.C18H33N3.C7H13N.C5H12N2.Na/c1-5-33-31(22-29(24-42-33)45-20-19-44-18-10-7-11-28(44)25-45)35-32(23-36(2,3)14-15-41-4)30-21-27(43-16-8-6-9-17-43)12-13-34(30)46(35)26-37(38,39)40;1-7-15(4)19-16(5)17(14(2)3)21-10-8-9-18(13-21)11-20(6)12-18;1-3-8-6(2)7-4-5-7;1-7-5-3-2-4-6-7;/h5,12-13,21-22,24,28H,4,6-11,14-20,23,25-26H2,1-3H3;7,14-15,17,19H,1,5,8-13H2,2-4,6H3;3,6-8H,1,4-5H2,2H3;6H,2-5H2,1H3;/q-1;;;;+1. The summed E-state index contributed by atoms with van der Waals surface area (Å²) in [6, 6.07) is 10.1. The number of nitrogens with one attached hydrogen (secondary N) is 3. The first-order chi connectivity index (χ1) is 39.2. The number of nitrogens with zero attached hydrogens (tertiary/aromatic N) is 9. The summed E-state index contributed by atoms with van der Waals surface area (Å²) in [5.74, 6) is 1.52. The van der Waals surface area contributed by atoms with Crippen molar-refractivity contribution >= 4 is 29.0 Å². The molecule has 83 heavy (non-hydrogen) atoms. The number of anilines is 2. The number of piperidine rings is 3. The SMILES string of the molecule is C=CC(C)NC(=C)C(C(C)C)N1CCCC2(CN(C)C2)C1.C=CNC(C)C1CC1.C=NCCC(C)(C)Cc1c(-c2cc(N3CCN4CCCCC4C3)cnc2[CH-]C)n(CC(F)(F)F)c2ccc(N3CCCCC3)cc12.CN1CCCCN1.[Na+]. The van der Waals surface area contributed by atoms with Crippen molar-refractivity contribution in [1.82, 2.24) is 45.3 Å². The topological polar surface area (TPSA) is 85.7 Å². The van der Waals surface area contributed by atoms with Gasteiger partial charge in [0.25, 0.3) is 0 Å². The van der Waals surface area contributed by atoms with E-state index in [1.807, 2.05) is 37.8 Å². The number of hydrogen-bond acceptors (Lipinski definition) is 11. The molecule has 16 heteroatoms. The van der Waals surface area contributed by atoms with Gasteiger partial charge in [-0.25, -0.2) is 11.4 Å². The molecule has 1 spiro atoms. The maximum atomic E-state index is 14.5. The number of halogens is 3. The van der Waals surface area contributed by atoms with E-state index in [1.54, 1.807) is 6.20 Å². The first-order valence-electron chi connectivity index (χ1n) is 31.7. The van der Waals surface area contributed by atoms with Gasteiger partial charge in [-0.3, -0.25) is 20.2 Å². The molecule has 12 nitrogen and oxygen atoms in total. The fourth-order valence-electron chi connectivity index (χ4n) is 14.1. The molecule has 4 atom stereocenters. The van der Waals surface area contributed by atoms with Crippen LogP contribution in [0.2, 0.25) is 0 Å². The van der Waals surface area contributed by atoms with E-state index in [-0.39, 0.29) is 41.0 Å². The van der Waals surface area contributed by atoms with Crippen molar-refractivity contribution in [3.05, 3.63) is 85.9 Å². The van der Waals surface area contributed by atoms with E-state index in [9.17, 15) is 13.2 Å². The Kier molecular flexibility index (Phi) is 26.4. The molecule has 1 aromatic carbocycles. The molecule has 2 aromatic heterocycles. The van der Waals surface area contributed by atoms with Crippen molar-refractivity contribution in [1.29, 1.82) is 0 Å². The van der Waals surface area contributed by atoms with Crippen LogP contribution in [0, 0.1) is 29.1 Å². The first-order valence-corrected chi connectivity index (χ1v) is 31.7. The number of aliphatic imine (C=N–C) groups is 1. The van der Waals surface area contributed by atoms with Gasteiger partial charge in [-0.2, -0.15) is 13.2 Å². The van der Waals surface area contributed by atoms with Gasteiger partial charge in [0.05, 0.1) is 6.04 Å². The van der Waals surface area contributed by atoms with Gasteiger partial charge in [0.1, 0.15) is 6.54 Å². The molecule has 1 saturated carbocycles. The monoisotopic (exact) mass is 1160 g/mol. The summed E-state index contributed by atoms with van der Waals surface area (Å²) in [5.41, 5.74) is 10.5. The fourth-order valence-corrected chi connectivity index (χ4v) is 14.1. The minimum atomic E-state index is -4.38. The van der Waals surface area contributed by atoms with E-state index >= 15 is 0 Å². The Hall–Kier alpha value is -3.54. The van der Waals surface area contributed by atoms with E-state index in [0.29, 0.717) is 59.3 Å². The number of alkyl halides is 3. The molecular formula is C67H108F3N12Na. The number of likely N-dealkylation sites (tertiary alicyclic amines) is 2. The van der Waals surface area contributed by atoms with Gasteiger partial charge in [0.2, 0.25) is 0 Å². The predicted molar refractivity (Wildman–Crippen MR) is 341 cm³/mol. The van der Waals surface area contributed by atoms with E-state index in [1.165, 1.54) is 101 Å². The van der Waals surface area contributed by atoms with Gasteiger partial charge in [-0.05, 0) is 177 Å². The van der Waals surface area contributed by atoms with E-state index < -0.39 is 12.7 Å². The molecule has 0 amide bonds. The van der Waals surface area contributed by atoms with Gasteiger partial charge in [0, 0.05) is 137 Å². The Labute approximate surface area is 522 Å². The zero-order valence-corrected chi connectivity index (χ0v) is 55.4. The summed E-state index contributed by atoms with van der Waals surface area (Å²) >= 11 is 0. The maximum absolute atomic E-state index is 14.5. The van der Waals surface area contributed by atoms with Crippen LogP contribution < -0.4 is 55.4 Å². The summed E-state index contributed by atoms with van der Waals surface area (Å²) in [7, 11) is 4.32. The van der Waals surface area contributed by atoms with E-state index in [0.717, 1.165) is 105 Å². The van der Waals surface area contributed by atoms with Crippen LogP contribution in [0.25, 0.3) is 22.2 Å². The zero-order valence-electron chi connectivity index (χ0n) is 53.4. The molecule has 8 heterocycles. The third-order valence-corrected chi connectivity index (χ3v) is 18.5. The molecule has 458 valence electrons. The number of fused-ring (bicyclic) bond motifs is 2. The van der Waals surface area contributed by atoms with Crippen LogP contribution in [0.15, 0.2) is 73.2 Å². The summed E-state index contributed by atoms with van der Waals surface area (Å²) in [4.78, 5) is 21.5. The largest absolute Gasteiger partial charge is 1.00 e. The molecule has 7 aliphatic rings. The Balaban J connectivity index is 0.000000243. The molecule has 7 fully saturated rings. The summed E-state index contributed by atoms with van der Waals surface area (Å²) in [6.45, 7) is 43.6. The number of piperazine rings is 1. The van der Waals surface area contributed by atoms with Crippen molar-refractivity contribution in [2.75, 3.05) is 109 Å². The second kappa shape index (κ2) is 31.9. The second-order valence-electron chi connectivity index (χ2n) is 26.5. The Morgan fingerprint density at radius 1 is 0.880 bits per heavy atom. The van der Waals surface area contributed by atoms with Crippen LogP contribution in [0.3, 0.4) is 0 Å². The molecule has 6 saturated heterocycles. The van der Waals surface area contributed by atoms with Crippen LogP contribution in [0.4, 0.5) is 24.5 Å². The predicted octanol–water partition coefficient (Wildman–Crippen LogP) is 9.62. The number of rotatable bonds is 19. The van der Waals surface area contributed by atoms with Crippen LogP contribution in [0.1, 0.15) is 143 Å². The van der Waals surface area contributed by atoms with Gasteiger partial charge >= 0.3 is 35.7 Å². The quantitative estimate of drug-likeness (QED) is 0.0468. The molecule has 10 rings (SSSR count). The summed E-state index contributed by atoms with van der Waals surface area (Å²) in [5, 5.41) is 9.74. The van der Waals surface area contributed by atoms with E-state index in [2.05, 4.69) is 145 Å². The maximum Gasteiger partial charge on any atom is 1.00 e. The number of hydrogen-bond donors (Lipinski definition) is 3. The number of aromatic nitrogens is 2. The van der Waals surface area contributed by atoms with Crippen LogP contribution in [-0.2, 0) is 13.0 Å². The Morgan fingerprint density at radius 3 is 2.20 bits per heavy atom. The smallest absolute Gasteiger partial charge is 0.389 e. The van der Waals surface area contributed by atoms with Crippen molar-refractivity contribution in [3.63, 3.8) is 0 Å². The minimum Gasteiger partial charge on any atom is -0.389 e. The molecule has 4 unspecified atom stereocenters. The zero-order chi connectivity index (χ0) is 59.2. The van der Waals surface area contributed by atoms with Gasteiger partial charge < -0.3 is 34.9 Å². The third-order valence-electron chi connectivity index (χ3n) is 18.5. The van der Waals surface area contributed by atoms with Gasteiger partial charge in [-0.15, -0.1) is 25.1 Å². The average Bonchev–Trinajstić information content (AvgIpc) is 2.32. The summed E-state index contributed by atoms with van der Waals surface area (Å²) in [6.07, 6.45) is 20.0. The van der Waals surface area contributed by atoms with Crippen LogP contribution in [0.5, 0.6) is 0 Å². The normalized spacial score (nSPS) is 21.7. The Bertz CT molecular complexity index is 2500. The average molecular weight is 1160 g/mol. The summed E-state index contributed by atoms with van der Waals surface area (Å²) < 4.78 is 45.0. The molecule has 1 aliphatic carbocycles. The number of hydrazine groups is 1. The molecule has 3 N–H and O–H groups in total. The fraction of sp³-hybridized carbons (Fsp3) is 0.687. The molecule has 6 aliphatic heterocycles.